The Hall–Kier alpha value is -1.10. The van der Waals surface area contributed by atoms with Gasteiger partial charge >= 0.3 is 11.5 Å². The van der Waals surface area contributed by atoms with Gasteiger partial charge < -0.3 is 8.92 Å². The van der Waals surface area contributed by atoms with E-state index in [9.17, 15) is 8.09 Å². The maximum absolute atomic E-state index is 11.9. The summed E-state index contributed by atoms with van der Waals surface area (Å²) in [5.41, 5.74) is 0. The van der Waals surface area contributed by atoms with Crippen LogP contribution in [-0.4, -0.2) is 11.3 Å². The molecule has 0 aliphatic heterocycles. The van der Waals surface area contributed by atoms with Crippen molar-refractivity contribution in [3.05, 3.63) is 24.3 Å². The second-order valence-electron chi connectivity index (χ2n) is 1.93. The van der Waals surface area contributed by atoms with Crippen molar-refractivity contribution in [1.82, 2.24) is 0 Å². The summed E-state index contributed by atoms with van der Waals surface area (Å²) in [5, 5.41) is 0. The third kappa shape index (κ3) is 2.20. The fourth-order valence-electron chi connectivity index (χ4n) is 0.758. The molecule has 0 aliphatic carbocycles. The van der Waals surface area contributed by atoms with Gasteiger partial charge in [-0.05, 0) is 12.1 Å². The van der Waals surface area contributed by atoms with Crippen LogP contribution in [0.2, 0.25) is 0 Å². The fraction of sp³-hybridized carbons (Fsp3) is 0.143. The molecule has 0 spiro atoms. The maximum Gasteiger partial charge on any atom is 0.401 e. The van der Waals surface area contributed by atoms with E-state index in [0.717, 1.165) is 0 Å². The van der Waals surface area contributed by atoms with Gasteiger partial charge in [0.15, 0.2) is 11.5 Å². The van der Waals surface area contributed by atoms with E-state index in [2.05, 4.69) is 4.18 Å². The van der Waals surface area contributed by atoms with Crippen LogP contribution >= 0.6 is 0 Å². The molecule has 0 heterocycles. The molecule has 0 N–H and O–H groups in total. The SMILES string of the molecule is COc1ccccc1OS(=O)F. The van der Waals surface area contributed by atoms with Crippen molar-refractivity contribution in [3.63, 3.8) is 0 Å². The minimum atomic E-state index is -2.81. The summed E-state index contributed by atoms with van der Waals surface area (Å²) < 4.78 is 31.1. The van der Waals surface area contributed by atoms with Crippen molar-refractivity contribution in [3.8, 4) is 11.5 Å². The van der Waals surface area contributed by atoms with Gasteiger partial charge in [-0.25, -0.2) is 0 Å². The van der Waals surface area contributed by atoms with Gasteiger partial charge in [-0.15, -0.1) is 0 Å². The highest BCUT2D eigenvalue weighted by atomic mass is 32.2. The van der Waals surface area contributed by atoms with E-state index in [4.69, 9.17) is 4.74 Å². The number of para-hydroxylation sites is 2. The molecule has 5 heteroatoms. The number of ether oxygens (including phenoxy) is 1. The monoisotopic (exact) mass is 190 g/mol. The van der Waals surface area contributed by atoms with Gasteiger partial charge in [-0.1, -0.05) is 16.0 Å². The van der Waals surface area contributed by atoms with Crippen molar-refractivity contribution in [2.45, 2.75) is 0 Å². The molecule has 0 radical (unpaired) electrons. The Morgan fingerprint density at radius 2 is 1.92 bits per heavy atom. The van der Waals surface area contributed by atoms with E-state index in [0.29, 0.717) is 5.75 Å². The molecule has 0 saturated carbocycles. The van der Waals surface area contributed by atoms with Gasteiger partial charge in [-0.2, -0.15) is 4.21 Å². The average molecular weight is 190 g/mol. The smallest absolute Gasteiger partial charge is 0.401 e. The average Bonchev–Trinajstić information content (AvgIpc) is 2.04. The molecule has 0 aliphatic rings. The highest BCUT2D eigenvalue weighted by Gasteiger charge is 2.05. The summed E-state index contributed by atoms with van der Waals surface area (Å²) in [7, 11) is 1.42. The van der Waals surface area contributed by atoms with Gasteiger partial charge in [0.05, 0.1) is 7.11 Å². The molecular weight excluding hydrogens is 183 g/mol. The zero-order chi connectivity index (χ0) is 8.97. The predicted molar refractivity (Wildman–Crippen MR) is 42.9 cm³/mol. The molecule has 1 aromatic carbocycles. The first-order valence-electron chi connectivity index (χ1n) is 3.13. The Morgan fingerprint density at radius 3 is 2.42 bits per heavy atom. The fourth-order valence-corrected chi connectivity index (χ4v) is 1.04. The summed E-state index contributed by atoms with van der Waals surface area (Å²) in [6, 6.07) is 6.38. The Bertz CT molecular complexity index is 290. The first-order valence-corrected chi connectivity index (χ1v) is 4.11. The van der Waals surface area contributed by atoms with Crippen LogP contribution in [0.5, 0.6) is 11.5 Å². The normalized spacial score (nSPS) is 12.2. The van der Waals surface area contributed by atoms with Gasteiger partial charge in [0, 0.05) is 0 Å². The summed E-state index contributed by atoms with van der Waals surface area (Å²) in [4.78, 5) is 0. The quantitative estimate of drug-likeness (QED) is 0.679. The van der Waals surface area contributed by atoms with Crippen molar-refractivity contribution in [1.29, 1.82) is 0 Å². The van der Waals surface area contributed by atoms with Crippen LogP contribution in [0.15, 0.2) is 24.3 Å². The van der Waals surface area contributed by atoms with Crippen LogP contribution < -0.4 is 8.92 Å². The number of rotatable bonds is 3. The van der Waals surface area contributed by atoms with Crippen LogP contribution in [-0.2, 0) is 11.5 Å². The number of benzene rings is 1. The standard InChI is InChI=1S/C7H7FO3S/c1-10-6-4-2-3-5-7(6)11-12(8)9/h2-5H,1H3. The number of methoxy groups -OCH3 is 1. The number of hydrogen-bond acceptors (Lipinski definition) is 3. The second-order valence-corrected chi connectivity index (χ2v) is 2.48. The molecule has 12 heavy (non-hydrogen) atoms. The number of hydrogen-bond donors (Lipinski definition) is 0. The van der Waals surface area contributed by atoms with Crippen molar-refractivity contribution in [2.24, 2.45) is 0 Å². The zero-order valence-electron chi connectivity index (χ0n) is 6.32. The summed E-state index contributed by atoms with van der Waals surface area (Å²) >= 11 is -2.81. The largest absolute Gasteiger partial charge is 0.493 e. The van der Waals surface area contributed by atoms with E-state index in [-0.39, 0.29) is 5.75 Å². The lowest BCUT2D eigenvalue weighted by Gasteiger charge is -2.04. The second kappa shape index (κ2) is 4.06. The van der Waals surface area contributed by atoms with E-state index in [1.54, 1.807) is 18.2 Å². The molecule has 3 nitrogen and oxygen atoms in total. The highest BCUT2D eigenvalue weighted by molar-refractivity contribution is 7.75. The molecular formula is C7H7FO3S. The third-order valence-corrected chi connectivity index (χ3v) is 1.53. The maximum atomic E-state index is 11.9. The van der Waals surface area contributed by atoms with Crippen molar-refractivity contribution < 1.29 is 17.0 Å². The first kappa shape index (κ1) is 8.99. The van der Waals surface area contributed by atoms with Crippen molar-refractivity contribution in [2.75, 3.05) is 7.11 Å². The molecule has 1 unspecified atom stereocenters. The molecule has 1 rings (SSSR count). The number of halogens is 1. The molecule has 0 bridgehead atoms. The van der Waals surface area contributed by atoms with Crippen LogP contribution in [0.25, 0.3) is 0 Å². The molecule has 0 fully saturated rings. The van der Waals surface area contributed by atoms with Crippen LogP contribution in [0.3, 0.4) is 0 Å². The Balaban J connectivity index is 2.89. The topological polar surface area (TPSA) is 35.5 Å². The van der Waals surface area contributed by atoms with E-state index in [1.807, 2.05) is 0 Å². The Morgan fingerprint density at radius 1 is 1.33 bits per heavy atom. The van der Waals surface area contributed by atoms with Gasteiger partial charge in [0.2, 0.25) is 0 Å². The van der Waals surface area contributed by atoms with Gasteiger partial charge in [0.1, 0.15) is 0 Å². The van der Waals surface area contributed by atoms with Crippen LogP contribution in [0.1, 0.15) is 0 Å². The molecule has 0 saturated heterocycles. The zero-order valence-corrected chi connectivity index (χ0v) is 7.14. The molecule has 66 valence electrons. The van der Waals surface area contributed by atoms with E-state index >= 15 is 0 Å². The highest BCUT2D eigenvalue weighted by Crippen LogP contribution is 2.26. The van der Waals surface area contributed by atoms with Crippen LogP contribution in [0.4, 0.5) is 3.89 Å². The lowest BCUT2D eigenvalue weighted by Crippen LogP contribution is -1.95. The Labute approximate surface area is 72.1 Å². The lowest BCUT2D eigenvalue weighted by molar-refractivity contribution is 0.393. The lowest BCUT2D eigenvalue weighted by atomic mass is 10.3. The molecule has 0 aromatic heterocycles. The summed E-state index contributed by atoms with van der Waals surface area (Å²) in [5.74, 6) is 0.476. The third-order valence-electron chi connectivity index (χ3n) is 1.22. The molecule has 0 amide bonds. The minimum absolute atomic E-state index is 0.126. The first-order chi connectivity index (χ1) is 5.74. The molecule has 1 atom stereocenters. The summed E-state index contributed by atoms with van der Waals surface area (Å²) in [6.45, 7) is 0. The van der Waals surface area contributed by atoms with E-state index in [1.165, 1.54) is 13.2 Å². The van der Waals surface area contributed by atoms with Crippen molar-refractivity contribution >= 4 is 11.5 Å². The van der Waals surface area contributed by atoms with Crippen LogP contribution in [0, 0.1) is 0 Å². The molecule has 1 aromatic rings. The van der Waals surface area contributed by atoms with Gasteiger partial charge in [0.25, 0.3) is 0 Å². The van der Waals surface area contributed by atoms with Gasteiger partial charge in [-0.3, -0.25) is 0 Å². The minimum Gasteiger partial charge on any atom is -0.493 e. The predicted octanol–water partition coefficient (Wildman–Crippen LogP) is 1.62. The Kier molecular flexibility index (Phi) is 3.04. The van der Waals surface area contributed by atoms with E-state index < -0.39 is 11.5 Å². The summed E-state index contributed by atoms with van der Waals surface area (Å²) in [6.07, 6.45) is 0.